The third-order valence-electron chi connectivity index (χ3n) is 2.51. The minimum absolute atomic E-state index is 0.663. The number of methoxy groups -OCH3 is 1. The number of ether oxygens (including phenoxy) is 1. The van der Waals surface area contributed by atoms with Gasteiger partial charge < -0.3 is 15.0 Å². The van der Waals surface area contributed by atoms with Gasteiger partial charge in [-0.15, -0.1) is 11.8 Å². The largest absolute Gasteiger partial charge is 0.383 e. The molecule has 0 bridgehead atoms. The molecule has 0 unspecified atom stereocenters. The quantitative estimate of drug-likeness (QED) is 0.491. The van der Waals surface area contributed by atoms with Crippen LogP contribution in [-0.2, 0) is 11.3 Å². The predicted octanol–water partition coefficient (Wildman–Crippen LogP) is 2.36. The van der Waals surface area contributed by atoms with Crippen molar-refractivity contribution in [2.24, 2.45) is 0 Å². The van der Waals surface area contributed by atoms with Crippen molar-refractivity contribution in [2.45, 2.75) is 11.4 Å². The number of hydrogen-bond donors (Lipinski definition) is 1. The van der Waals surface area contributed by atoms with Gasteiger partial charge in [0, 0.05) is 32.1 Å². The average Bonchev–Trinajstić information content (AvgIpc) is 2.39. The van der Waals surface area contributed by atoms with Crippen LogP contribution < -0.4 is 5.32 Å². The van der Waals surface area contributed by atoms with Gasteiger partial charge in [0.15, 0.2) is 5.11 Å². The van der Waals surface area contributed by atoms with E-state index in [2.05, 4.69) is 35.8 Å². The van der Waals surface area contributed by atoms with Gasteiger partial charge in [0.05, 0.1) is 6.61 Å². The van der Waals surface area contributed by atoms with Gasteiger partial charge in [-0.2, -0.15) is 0 Å². The average molecular weight is 284 g/mol. The van der Waals surface area contributed by atoms with Crippen LogP contribution in [0.2, 0.25) is 0 Å². The number of nitrogens with one attached hydrogen (secondary N) is 1. The lowest BCUT2D eigenvalue weighted by molar-refractivity contribution is 0.203. The van der Waals surface area contributed by atoms with Gasteiger partial charge >= 0.3 is 0 Å². The van der Waals surface area contributed by atoms with E-state index < -0.39 is 0 Å². The van der Waals surface area contributed by atoms with Gasteiger partial charge in [-0.25, -0.2) is 0 Å². The second kappa shape index (κ2) is 8.34. The Bertz CT molecular complexity index is 368. The molecule has 18 heavy (non-hydrogen) atoms. The molecule has 3 nitrogen and oxygen atoms in total. The molecule has 1 rings (SSSR count). The molecule has 0 amide bonds. The summed E-state index contributed by atoms with van der Waals surface area (Å²) in [5.74, 6) is 0. The number of thioether (sulfide) groups is 1. The summed E-state index contributed by atoms with van der Waals surface area (Å²) in [6.45, 7) is 2.22. The van der Waals surface area contributed by atoms with Crippen molar-refractivity contribution < 1.29 is 4.74 Å². The molecule has 0 aliphatic rings. The molecule has 100 valence electrons. The lowest BCUT2D eigenvalue weighted by atomic mass is 10.2. The number of thiocarbonyl (C=S) groups is 1. The van der Waals surface area contributed by atoms with E-state index in [1.807, 2.05) is 11.9 Å². The molecule has 1 aromatic carbocycles. The predicted molar refractivity (Wildman–Crippen MR) is 82.2 cm³/mol. The molecule has 1 aromatic rings. The van der Waals surface area contributed by atoms with Gasteiger partial charge in [0.2, 0.25) is 0 Å². The van der Waals surface area contributed by atoms with E-state index in [1.54, 1.807) is 18.9 Å². The van der Waals surface area contributed by atoms with Crippen LogP contribution in [0.25, 0.3) is 0 Å². The van der Waals surface area contributed by atoms with Crippen LogP contribution in [-0.4, -0.2) is 43.6 Å². The van der Waals surface area contributed by atoms with Crippen LogP contribution in [0.5, 0.6) is 0 Å². The van der Waals surface area contributed by atoms with Crippen molar-refractivity contribution in [3.63, 3.8) is 0 Å². The molecule has 0 heterocycles. The molecule has 0 aliphatic carbocycles. The molecule has 1 N–H and O–H groups in total. The molecule has 5 heteroatoms. The maximum Gasteiger partial charge on any atom is 0.169 e. The van der Waals surface area contributed by atoms with Crippen molar-refractivity contribution >= 4 is 29.1 Å². The summed E-state index contributed by atoms with van der Waals surface area (Å²) < 4.78 is 4.97. The second-order valence-electron chi connectivity index (χ2n) is 3.93. The van der Waals surface area contributed by atoms with Crippen LogP contribution in [0.15, 0.2) is 29.2 Å². The topological polar surface area (TPSA) is 24.5 Å². The van der Waals surface area contributed by atoms with Crippen LogP contribution in [0, 0.1) is 0 Å². The first kappa shape index (κ1) is 15.3. The third-order valence-corrected chi connectivity index (χ3v) is 3.71. The highest BCUT2D eigenvalue weighted by Crippen LogP contribution is 2.15. The van der Waals surface area contributed by atoms with E-state index >= 15 is 0 Å². The van der Waals surface area contributed by atoms with Crippen LogP contribution in [0.4, 0.5) is 0 Å². The van der Waals surface area contributed by atoms with Crippen molar-refractivity contribution in [3.8, 4) is 0 Å². The number of hydrogen-bond acceptors (Lipinski definition) is 3. The first-order valence-electron chi connectivity index (χ1n) is 5.78. The summed E-state index contributed by atoms with van der Waals surface area (Å²) in [7, 11) is 3.67. The molecule has 0 aromatic heterocycles. The zero-order chi connectivity index (χ0) is 13.4. The molecule has 0 saturated heterocycles. The lowest BCUT2D eigenvalue weighted by Crippen LogP contribution is -2.38. The molecule has 0 saturated carbocycles. The van der Waals surface area contributed by atoms with Gasteiger partial charge in [-0.3, -0.25) is 0 Å². The summed E-state index contributed by atoms with van der Waals surface area (Å²) in [5.41, 5.74) is 1.26. The fourth-order valence-electron chi connectivity index (χ4n) is 1.47. The number of nitrogens with zero attached hydrogens (tertiary/aromatic N) is 1. The highest BCUT2D eigenvalue weighted by molar-refractivity contribution is 7.98. The molecule has 0 fully saturated rings. The normalized spacial score (nSPS) is 10.2. The van der Waals surface area contributed by atoms with E-state index in [9.17, 15) is 0 Å². The van der Waals surface area contributed by atoms with E-state index in [1.165, 1.54) is 10.5 Å². The zero-order valence-corrected chi connectivity index (χ0v) is 12.7. The van der Waals surface area contributed by atoms with Crippen LogP contribution >= 0.6 is 24.0 Å². The maximum atomic E-state index is 5.29. The Hall–Kier alpha value is -0.780. The number of rotatable bonds is 6. The Kier molecular flexibility index (Phi) is 7.08. The minimum Gasteiger partial charge on any atom is -0.383 e. The SMILES string of the molecule is COCCNC(=S)N(C)Cc1ccc(SC)cc1. The second-order valence-corrected chi connectivity index (χ2v) is 5.20. The summed E-state index contributed by atoms with van der Waals surface area (Å²) in [6.07, 6.45) is 2.08. The third kappa shape index (κ3) is 5.25. The molecular formula is C13H20N2OS2. The molecule has 0 radical (unpaired) electrons. The van der Waals surface area contributed by atoms with E-state index in [-0.39, 0.29) is 0 Å². The smallest absolute Gasteiger partial charge is 0.169 e. The highest BCUT2D eigenvalue weighted by Gasteiger charge is 2.04. The Balaban J connectivity index is 2.42. The van der Waals surface area contributed by atoms with E-state index in [0.29, 0.717) is 6.61 Å². The first-order valence-corrected chi connectivity index (χ1v) is 7.41. The zero-order valence-electron chi connectivity index (χ0n) is 11.1. The maximum absolute atomic E-state index is 5.29. The summed E-state index contributed by atoms with van der Waals surface area (Å²) in [4.78, 5) is 3.31. The molecule has 0 aliphatic heterocycles. The van der Waals surface area contributed by atoms with E-state index in [0.717, 1.165) is 18.2 Å². The van der Waals surface area contributed by atoms with Gasteiger partial charge in [-0.1, -0.05) is 12.1 Å². The monoisotopic (exact) mass is 284 g/mol. The first-order chi connectivity index (χ1) is 8.67. The van der Waals surface area contributed by atoms with Gasteiger partial charge in [0.1, 0.15) is 0 Å². The van der Waals surface area contributed by atoms with Gasteiger partial charge in [-0.05, 0) is 36.2 Å². The van der Waals surface area contributed by atoms with Crippen molar-refractivity contribution in [1.82, 2.24) is 10.2 Å². The summed E-state index contributed by atoms with van der Waals surface area (Å²) in [5, 5.41) is 3.91. The Morgan fingerprint density at radius 1 is 1.39 bits per heavy atom. The molecule has 0 atom stereocenters. The van der Waals surface area contributed by atoms with Crippen LogP contribution in [0.3, 0.4) is 0 Å². The molecule has 0 spiro atoms. The van der Waals surface area contributed by atoms with E-state index in [4.69, 9.17) is 17.0 Å². The van der Waals surface area contributed by atoms with Crippen molar-refractivity contribution in [2.75, 3.05) is 33.6 Å². The Labute approximate surface area is 119 Å². The minimum atomic E-state index is 0.663. The van der Waals surface area contributed by atoms with Crippen LogP contribution in [0.1, 0.15) is 5.56 Å². The summed E-state index contributed by atoms with van der Waals surface area (Å²) >= 11 is 7.04. The lowest BCUT2D eigenvalue weighted by Gasteiger charge is -2.21. The summed E-state index contributed by atoms with van der Waals surface area (Å²) in [6, 6.07) is 8.55. The Morgan fingerprint density at radius 2 is 2.06 bits per heavy atom. The van der Waals surface area contributed by atoms with Gasteiger partial charge in [0.25, 0.3) is 0 Å². The molecular weight excluding hydrogens is 264 g/mol. The van der Waals surface area contributed by atoms with Crippen molar-refractivity contribution in [1.29, 1.82) is 0 Å². The fraction of sp³-hybridized carbons (Fsp3) is 0.462. The Morgan fingerprint density at radius 3 is 2.61 bits per heavy atom. The number of benzene rings is 1. The van der Waals surface area contributed by atoms with Crippen molar-refractivity contribution in [3.05, 3.63) is 29.8 Å². The standard InChI is InChI=1S/C13H20N2OS2/c1-15(13(17)14-8-9-16-2)10-11-4-6-12(18-3)7-5-11/h4-7H,8-10H2,1-3H3,(H,14,17). The fourth-order valence-corrected chi connectivity index (χ4v) is 2.05. The highest BCUT2D eigenvalue weighted by atomic mass is 32.2.